The van der Waals surface area contributed by atoms with Gasteiger partial charge in [-0.05, 0) is 49.2 Å². The van der Waals surface area contributed by atoms with Crippen LogP contribution in [0.2, 0.25) is 10.0 Å². The maximum absolute atomic E-state index is 12.2. The van der Waals surface area contributed by atoms with Gasteiger partial charge in [0.05, 0.1) is 10.7 Å². The Balaban J connectivity index is 2.00. The van der Waals surface area contributed by atoms with Gasteiger partial charge in [0.1, 0.15) is 5.75 Å². The van der Waals surface area contributed by atoms with Crippen molar-refractivity contribution in [3.8, 4) is 5.75 Å². The number of carbonyl (C=O) groups is 1. The number of anilines is 1. The predicted octanol–water partition coefficient (Wildman–Crippen LogP) is 4.96. The molecule has 0 aliphatic carbocycles. The second-order valence-corrected chi connectivity index (χ2v) is 5.71. The minimum absolute atomic E-state index is 0.288. The van der Waals surface area contributed by atoms with Crippen molar-refractivity contribution in [3.63, 3.8) is 0 Å². The molecule has 0 saturated carbocycles. The molecule has 22 heavy (non-hydrogen) atoms. The molecule has 1 atom stereocenters. The zero-order valence-electron chi connectivity index (χ0n) is 12.4. The van der Waals surface area contributed by atoms with Crippen LogP contribution < -0.4 is 10.1 Å². The number of hydrogen-bond donors (Lipinski definition) is 1. The van der Waals surface area contributed by atoms with Gasteiger partial charge in [0.15, 0.2) is 6.10 Å². The highest BCUT2D eigenvalue weighted by atomic mass is 35.5. The van der Waals surface area contributed by atoms with Gasteiger partial charge in [-0.3, -0.25) is 4.79 Å². The van der Waals surface area contributed by atoms with Crippen LogP contribution in [-0.2, 0) is 11.2 Å². The molecule has 1 amide bonds. The zero-order chi connectivity index (χ0) is 16.1. The summed E-state index contributed by atoms with van der Waals surface area (Å²) in [5, 5.41) is 3.64. The van der Waals surface area contributed by atoms with Crippen LogP contribution >= 0.6 is 23.2 Å². The Kier molecular flexibility index (Phi) is 5.69. The van der Waals surface area contributed by atoms with Gasteiger partial charge in [-0.2, -0.15) is 0 Å². The van der Waals surface area contributed by atoms with Crippen molar-refractivity contribution in [1.82, 2.24) is 0 Å². The number of ether oxygens (including phenoxy) is 1. The third-order valence-electron chi connectivity index (χ3n) is 3.20. The van der Waals surface area contributed by atoms with Crippen LogP contribution in [0.25, 0.3) is 0 Å². The number of nitrogens with one attached hydrogen (secondary N) is 1. The van der Waals surface area contributed by atoms with E-state index < -0.39 is 6.10 Å². The second kappa shape index (κ2) is 7.52. The molecular formula is C17H17Cl2NO2. The molecule has 0 radical (unpaired) electrons. The first-order valence-electron chi connectivity index (χ1n) is 7.01. The SMILES string of the molecule is CCc1ccc(OC(C)C(=O)Nc2cc(Cl)ccc2Cl)cc1. The number of halogens is 2. The Hall–Kier alpha value is -1.71. The van der Waals surface area contributed by atoms with Gasteiger partial charge in [0.25, 0.3) is 5.91 Å². The summed E-state index contributed by atoms with van der Waals surface area (Å²) >= 11 is 11.9. The van der Waals surface area contributed by atoms with Gasteiger partial charge in [-0.15, -0.1) is 0 Å². The minimum Gasteiger partial charge on any atom is -0.481 e. The monoisotopic (exact) mass is 337 g/mol. The molecule has 3 nitrogen and oxygen atoms in total. The van der Waals surface area contributed by atoms with E-state index in [0.717, 1.165) is 6.42 Å². The van der Waals surface area contributed by atoms with Crippen molar-refractivity contribution in [2.45, 2.75) is 26.4 Å². The summed E-state index contributed by atoms with van der Waals surface area (Å²) in [5.41, 5.74) is 1.69. The fraction of sp³-hybridized carbons (Fsp3) is 0.235. The number of amides is 1. The van der Waals surface area contributed by atoms with E-state index in [9.17, 15) is 4.79 Å². The normalized spacial score (nSPS) is 11.8. The molecule has 1 N–H and O–H groups in total. The van der Waals surface area contributed by atoms with Crippen molar-refractivity contribution in [1.29, 1.82) is 0 Å². The summed E-state index contributed by atoms with van der Waals surface area (Å²) in [6.45, 7) is 3.77. The van der Waals surface area contributed by atoms with Crippen molar-refractivity contribution >= 4 is 34.8 Å². The lowest BCUT2D eigenvalue weighted by molar-refractivity contribution is -0.122. The predicted molar refractivity (Wildman–Crippen MR) is 91.0 cm³/mol. The van der Waals surface area contributed by atoms with E-state index in [-0.39, 0.29) is 5.91 Å². The molecule has 2 rings (SSSR count). The molecule has 116 valence electrons. The summed E-state index contributed by atoms with van der Waals surface area (Å²) < 4.78 is 5.63. The highest BCUT2D eigenvalue weighted by Gasteiger charge is 2.16. The Labute approximate surface area is 140 Å². The number of hydrogen-bond acceptors (Lipinski definition) is 2. The molecule has 0 aliphatic heterocycles. The summed E-state index contributed by atoms with van der Waals surface area (Å²) in [7, 11) is 0. The molecule has 0 fully saturated rings. The van der Waals surface area contributed by atoms with E-state index >= 15 is 0 Å². The van der Waals surface area contributed by atoms with Gasteiger partial charge >= 0.3 is 0 Å². The van der Waals surface area contributed by atoms with Crippen LogP contribution in [0.15, 0.2) is 42.5 Å². The lowest BCUT2D eigenvalue weighted by atomic mass is 10.2. The van der Waals surface area contributed by atoms with Crippen molar-refractivity contribution in [2.24, 2.45) is 0 Å². The first-order valence-corrected chi connectivity index (χ1v) is 7.76. The third-order valence-corrected chi connectivity index (χ3v) is 3.76. The van der Waals surface area contributed by atoms with Crippen LogP contribution in [0.3, 0.4) is 0 Å². The van der Waals surface area contributed by atoms with Gasteiger partial charge in [-0.25, -0.2) is 0 Å². The van der Waals surface area contributed by atoms with E-state index in [1.807, 2.05) is 24.3 Å². The second-order valence-electron chi connectivity index (χ2n) is 4.87. The van der Waals surface area contributed by atoms with Gasteiger partial charge in [-0.1, -0.05) is 42.3 Å². The number of rotatable bonds is 5. The van der Waals surface area contributed by atoms with E-state index in [1.165, 1.54) is 5.56 Å². The molecule has 2 aromatic carbocycles. The van der Waals surface area contributed by atoms with Crippen molar-refractivity contribution < 1.29 is 9.53 Å². The average Bonchev–Trinajstić information content (AvgIpc) is 2.51. The minimum atomic E-state index is -0.650. The molecule has 0 aliphatic rings. The number of benzene rings is 2. The van der Waals surface area contributed by atoms with E-state index in [4.69, 9.17) is 27.9 Å². The summed E-state index contributed by atoms with van der Waals surface area (Å²) in [4.78, 5) is 12.2. The smallest absolute Gasteiger partial charge is 0.265 e. The fourth-order valence-electron chi connectivity index (χ4n) is 1.89. The number of carbonyl (C=O) groups excluding carboxylic acids is 1. The Morgan fingerprint density at radius 3 is 2.50 bits per heavy atom. The molecule has 0 saturated heterocycles. The van der Waals surface area contributed by atoms with E-state index in [0.29, 0.717) is 21.5 Å². The van der Waals surface area contributed by atoms with Gasteiger partial charge in [0.2, 0.25) is 0 Å². The van der Waals surface area contributed by atoms with Crippen LogP contribution in [0.5, 0.6) is 5.75 Å². The molecule has 2 aromatic rings. The first kappa shape index (κ1) is 16.7. The van der Waals surface area contributed by atoms with Crippen LogP contribution in [0.1, 0.15) is 19.4 Å². The lowest BCUT2D eigenvalue weighted by Gasteiger charge is -2.15. The quantitative estimate of drug-likeness (QED) is 0.837. The van der Waals surface area contributed by atoms with Crippen molar-refractivity contribution in [2.75, 3.05) is 5.32 Å². The highest BCUT2D eigenvalue weighted by Crippen LogP contribution is 2.25. The lowest BCUT2D eigenvalue weighted by Crippen LogP contribution is -2.30. The van der Waals surface area contributed by atoms with E-state index in [1.54, 1.807) is 25.1 Å². The third kappa shape index (κ3) is 4.39. The zero-order valence-corrected chi connectivity index (χ0v) is 13.9. The maximum Gasteiger partial charge on any atom is 0.265 e. The summed E-state index contributed by atoms with van der Waals surface area (Å²) in [5.74, 6) is 0.362. The molecule has 5 heteroatoms. The topological polar surface area (TPSA) is 38.3 Å². The van der Waals surface area contributed by atoms with Gasteiger partial charge < -0.3 is 10.1 Å². The fourth-order valence-corrected chi connectivity index (χ4v) is 2.23. The largest absolute Gasteiger partial charge is 0.481 e. The Morgan fingerprint density at radius 1 is 1.18 bits per heavy atom. The van der Waals surface area contributed by atoms with Crippen molar-refractivity contribution in [3.05, 3.63) is 58.1 Å². The summed E-state index contributed by atoms with van der Waals surface area (Å²) in [6, 6.07) is 12.6. The Morgan fingerprint density at radius 2 is 1.86 bits per heavy atom. The molecule has 0 heterocycles. The molecule has 0 bridgehead atoms. The molecule has 1 unspecified atom stereocenters. The number of aryl methyl sites for hydroxylation is 1. The summed E-state index contributed by atoms with van der Waals surface area (Å²) in [6.07, 6.45) is 0.311. The Bertz CT molecular complexity index is 656. The van der Waals surface area contributed by atoms with Gasteiger partial charge in [0, 0.05) is 5.02 Å². The first-order chi connectivity index (χ1) is 10.5. The van der Waals surface area contributed by atoms with Crippen LogP contribution in [0, 0.1) is 0 Å². The van der Waals surface area contributed by atoms with Crippen LogP contribution in [0.4, 0.5) is 5.69 Å². The van der Waals surface area contributed by atoms with Crippen LogP contribution in [-0.4, -0.2) is 12.0 Å². The molecule has 0 spiro atoms. The standard InChI is InChI=1S/C17H17Cl2NO2/c1-3-12-4-7-14(8-5-12)22-11(2)17(21)20-16-10-13(18)6-9-15(16)19/h4-11H,3H2,1-2H3,(H,20,21). The maximum atomic E-state index is 12.2. The molecular weight excluding hydrogens is 321 g/mol. The van der Waals surface area contributed by atoms with E-state index in [2.05, 4.69) is 12.2 Å². The average molecular weight is 338 g/mol. The molecule has 0 aromatic heterocycles. The highest BCUT2D eigenvalue weighted by molar-refractivity contribution is 6.35.